The van der Waals surface area contributed by atoms with Crippen LogP contribution in [0, 0.1) is 42.4 Å². The summed E-state index contributed by atoms with van der Waals surface area (Å²) >= 11 is 0. The first-order valence-corrected chi connectivity index (χ1v) is 34.2. The zero-order valence-electron chi connectivity index (χ0n) is 46.7. The number of pyridine rings is 3. The number of aromatic nitrogens is 3. The van der Waals surface area contributed by atoms with E-state index in [1.165, 1.54) is 32.1 Å². The average Bonchev–Trinajstić information content (AvgIpc) is 3.74. The molecular formula is C59H67N8O12P3S. The van der Waals surface area contributed by atoms with Gasteiger partial charge in [0.2, 0.25) is 28.0 Å². The minimum Gasteiger partial charge on any atom is -0.497 e. The van der Waals surface area contributed by atoms with E-state index in [1.54, 1.807) is 55.6 Å². The van der Waals surface area contributed by atoms with Crippen LogP contribution in [0.15, 0.2) is 109 Å². The van der Waals surface area contributed by atoms with Crippen LogP contribution in [0.4, 0.5) is 0 Å². The largest absolute Gasteiger partial charge is 0.497 e. The second-order valence-corrected chi connectivity index (χ2v) is 28.4. The van der Waals surface area contributed by atoms with Gasteiger partial charge in [-0.1, -0.05) is 53.2 Å². The van der Waals surface area contributed by atoms with Crippen molar-refractivity contribution in [3.8, 4) is 47.0 Å². The molecule has 4 heterocycles. The predicted octanol–water partition coefficient (Wildman–Crippen LogP) is 3.88. The molecule has 7 N–H and O–H groups in total. The minimum atomic E-state index is -4.64. The molecule has 6 aromatic rings. The number of nitrogens with two attached hydrogens (primary N) is 1. The highest BCUT2D eigenvalue weighted by atomic mass is 32.2. The van der Waals surface area contributed by atoms with Crippen LogP contribution in [0.1, 0.15) is 62.4 Å². The summed E-state index contributed by atoms with van der Waals surface area (Å²) in [6.07, 6.45) is 0.335. The summed E-state index contributed by atoms with van der Waals surface area (Å²) in [4.78, 5) is 65.2. The highest BCUT2D eigenvalue weighted by Gasteiger charge is 2.29. The van der Waals surface area contributed by atoms with E-state index < -0.39 is 49.9 Å². The van der Waals surface area contributed by atoms with Gasteiger partial charge in [0.1, 0.15) is 27.8 Å². The lowest BCUT2D eigenvalue weighted by molar-refractivity contribution is -0.120. The standard InChI is InChI=1S/C59H67N8O12P3S/c1-43-7-9-44(10-8-43)11-14-47-33-50(62-56(36-47)80(3,69)70)40-65-26-28-66(41-51-34-48(37-57(63-51)81(4,71)72)15-12-45-17-21-53(78-2)22-18-45)30-31-67(29-27-65)42-52-35-49(38-58(64-52)82(5,73)74)16-13-46-19-23-54(24-20-46)79-32-6-25-61-59(68)55(39-60)83(75,76)77/h7-10,17-24,33-38,55H,6,25-32,39-42,60H2,1-5H3,(H,61,68)(H,69,70)(H,71,72)(H,73,74)(H,75,76,77). The van der Waals surface area contributed by atoms with E-state index in [9.17, 15) is 46.1 Å². The van der Waals surface area contributed by atoms with Crippen molar-refractivity contribution in [1.29, 1.82) is 0 Å². The maximum absolute atomic E-state index is 13.3. The molecule has 7 rings (SSSR count). The van der Waals surface area contributed by atoms with Crippen molar-refractivity contribution in [1.82, 2.24) is 35.0 Å². The summed E-state index contributed by atoms with van der Waals surface area (Å²) < 4.78 is 82.7. The molecule has 4 atom stereocenters. The van der Waals surface area contributed by atoms with Crippen LogP contribution in [-0.4, -0.2) is 155 Å². The van der Waals surface area contributed by atoms with Gasteiger partial charge in [0.05, 0.1) is 30.8 Å². The maximum atomic E-state index is 13.3. The third-order valence-electron chi connectivity index (χ3n) is 13.0. The van der Waals surface area contributed by atoms with E-state index in [4.69, 9.17) is 15.2 Å². The van der Waals surface area contributed by atoms with Gasteiger partial charge >= 0.3 is 0 Å². The Hall–Kier alpha value is -6.82. The Morgan fingerprint density at radius 2 is 0.928 bits per heavy atom. The zero-order chi connectivity index (χ0) is 60.0. The average molecular weight is 1210 g/mol. The monoisotopic (exact) mass is 1200 g/mol. The van der Waals surface area contributed by atoms with Gasteiger partial charge in [0.15, 0.2) is 5.25 Å². The highest BCUT2D eigenvalue weighted by molar-refractivity contribution is 7.87. The maximum Gasteiger partial charge on any atom is 0.278 e. The van der Waals surface area contributed by atoms with Gasteiger partial charge < -0.3 is 35.2 Å². The third kappa shape index (κ3) is 20.2. The molecule has 436 valence electrons. The van der Waals surface area contributed by atoms with E-state index >= 15 is 0 Å². The summed E-state index contributed by atoms with van der Waals surface area (Å²) in [6.45, 7) is 9.30. The van der Waals surface area contributed by atoms with Crippen molar-refractivity contribution in [3.63, 3.8) is 0 Å². The molecule has 0 aliphatic carbocycles. The predicted molar refractivity (Wildman–Crippen MR) is 321 cm³/mol. The van der Waals surface area contributed by atoms with Crippen LogP contribution in [-0.2, 0) is 48.2 Å². The van der Waals surface area contributed by atoms with Crippen LogP contribution < -0.4 is 36.8 Å². The molecule has 83 heavy (non-hydrogen) atoms. The number of hydrogen-bond acceptors (Lipinski definition) is 15. The summed E-state index contributed by atoms with van der Waals surface area (Å²) in [5.74, 6) is 19.1. The topological polar surface area (TPSA) is 288 Å². The molecule has 0 bridgehead atoms. The van der Waals surface area contributed by atoms with Gasteiger partial charge in [0, 0.05) is 125 Å². The number of carbonyl (C=O) groups is 1. The molecule has 3 aromatic carbocycles. The number of aryl methyl sites for hydroxylation is 1. The van der Waals surface area contributed by atoms with Crippen molar-refractivity contribution >= 4 is 54.4 Å². The van der Waals surface area contributed by atoms with Crippen LogP contribution in [0.3, 0.4) is 0 Å². The van der Waals surface area contributed by atoms with Crippen LogP contribution in [0.2, 0.25) is 0 Å². The van der Waals surface area contributed by atoms with Crippen molar-refractivity contribution in [2.75, 3.05) is 86.1 Å². The molecule has 0 saturated carbocycles. The first-order chi connectivity index (χ1) is 39.3. The van der Waals surface area contributed by atoms with Gasteiger partial charge in [-0.3, -0.25) is 37.7 Å². The Bertz CT molecular complexity index is 3750. The molecule has 3 aromatic heterocycles. The van der Waals surface area contributed by atoms with Crippen molar-refractivity contribution in [3.05, 3.63) is 165 Å². The minimum absolute atomic E-state index is 0.0124. The van der Waals surface area contributed by atoms with Crippen LogP contribution in [0.5, 0.6) is 11.5 Å². The van der Waals surface area contributed by atoms with E-state index in [0.29, 0.717) is 103 Å². The highest BCUT2D eigenvalue weighted by Crippen LogP contribution is 2.35. The van der Waals surface area contributed by atoms with Crippen molar-refractivity contribution in [2.45, 2.75) is 38.2 Å². The number of hydrogen-bond donors (Lipinski definition) is 6. The molecule has 0 spiro atoms. The second-order valence-electron chi connectivity index (χ2n) is 20.2. The number of amides is 1. The SMILES string of the molecule is COc1ccc(C#Cc2cc(CN3CCN(Cc4cc(C#Cc5ccc(C)cc5)cc(P(C)(=O)O)n4)CCN(Cc4cc(C#Cc5ccc(OCCCNC(=O)C(CN)S(=O)(=O)O)cc5)cc(P(C)(=O)O)n4)CC3)nc(P(C)(=O)O)c2)cc1. The Kier molecular flexibility index (Phi) is 22.0. The molecule has 20 nitrogen and oxygen atoms in total. The normalized spacial score (nSPS) is 16.0. The Balaban J connectivity index is 1.14. The van der Waals surface area contributed by atoms with E-state index in [0.717, 1.165) is 16.7 Å². The first-order valence-electron chi connectivity index (χ1n) is 26.4. The van der Waals surface area contributed by atoms with Gasteiger partial charge in [-0.25, -0.2) is 15.0 Å². The van der Waals surface area contributed by atoms with E-state index in [-0.39, 0.29) is 42.5 Å². The number of nitrogens with one attached hydrogen (secondary N) is 1. The molecule has 1 aliphatic rings. The smallest absolute Gasteiger partial charge is 0.278 e. The fourth-order valence-corrected chi connectivity index (χ4v) is 11.2. The van der Waals surface area contributed by atoms with Gasteiger partial charge in [-0.15, -0.1) is 0 Å². The fourth-order valence-electron chi connectivity index (χ4n) is 8.49. The van der Waals surface area contributed by atoms with Gasteiger partial charge in [-0.05, 0) is 110 Å². The summed E-state index contributed by atoms with van der Waals surface area (Å²) in [5.41, 5.74) is 11.7. The lowest BCUT2D eigenvalue weighted by Gasteiger charge is -2.26. The summed E-state index contributed by atoms with van der Waals surface area (Å²) in [5, 5.41) is 0.668. The number of ether oxygens (including phenoxy) is 2. The number of benzene rings is 3. The molecule has 1 aliphatic heterocycles. The Morgan fingerprint density at radius 3 is 1.25 bits per heavy atom. The zero-order valence-corrected chi connectivity index (χ0v) is 50.2. The van der Waals surface area contributed by atoms with E-state index in [2.05, 4.69) is 70.5 Å². The Morgan fingerprint density at radius 1 is 0.590 bits per heavy atom. The Labute approximate surface area is 485 Å². The number of rotatable bonds is 18. The van der Waals surface area contributed by atoms with Crippen molar-refractivity contribution < 1.29 is 55.6 Å². The quantitative estimate of drug-likeness (QED) is 0.0308. The van der Waals surface area contributed by atoms with Gasteiger partial charge in [0.25, 0.3) is 10.1 Å². The van der Waals surface area contributed by atoms with Crippen molar-refractivity contribution in [2.24, 2.45) is 5.73 Å². The molecule has 1 amide bonds. The lowest BCUT2D eigenvalue weighted by atomic mass is 10.1. The molecular weight excluding hydrogens is 1140 g/mol. The summed E-state index contributed by atoms with van der Waals surface area (Å²) in [6, 6.07) is 31.9. The fraction of sp³-hybridized carbons (Fsp3) is 0.322. The van der Waals surface area contributed by atoms with Crippen LogP contribution in [0.25, 0.3) is 0 Å². The van der Waals surface area contributed by atoms with E-state index in [1.807, 2.05) is 55.5 Å². The molecule has 4 unspecified atom stereocenters. The molecule has 24 heteroatoms. The molecule has 1 saturated heterocycles. The summed E-state index contributed by atoms with van der Waals surface area (Å²) in [7, 11) is -14.6. The lowest BCUT2D eigenvalue weighted by Crippen LogP contribution is -2.44. The van der Waals surface area contributed by atoms with Crippen LogP contribution >= 0.6 is 22.1 Å². The first kappa shape index (κ1) is 63.8. The number of methoxy groups -OCH3 is 1. The number of carbonyl (C=O) groups excluding carboxylic acids is 1. The molecule has 1 fully saturated rings. The molecule has 0 radical (unpaired) electrons. The third-order valence-corrected chi connectivity index (χ3v) is 17.4. The second kappa shape index (κ2) is 28.6. The van der Waals surface area contributed by atoms with Gasteiger partial charge in [-0.2, -0.15) is 8.42 Å². The number of nitrogens with zero attached hydrogens (tertiary/aromatic N) is 6.